The minimum Gasteiger partial charge on any atom is -0.480 e. The van der Waals surface area contributed by atoms with Gasteiger partial charge in [0.25, 0.3) is 0 Å². The zero-order chi connectivity index (χ0) is 21.6. The lowest BCUT2D eigenvalue weighted by Gasteiger charge is -2.17. The molecule has 0 aliphatic carbocycles. The molecule has 1 unspecified atom stereocenters. The van der Waals surface area contributed by atoms with Crippen LogP contribution in [0.5, 0.6) is 5.75 Å². The molecule has 0 aliphatic rings. The van der Waals surface area contributed by atoms with Crippen LogP contribution in [0.15, 0.2) is 71.3 Å². The summed E-state index contributed by atoms with van der Waals surface area (Å²) in [5.41, 5.74) is 0.814. The molecule has 0 radical (unpaired) electrons. The molecule has 0 aliphatic heterocycles. The topological polar surface area (TPSA) is 81.9 Å². The minimum atomic E-state index is -0.580. The maximum atomic E-state index is 14.0. The van der Waals surface area contributed by atoms with Gasteiger partial charge in [-0.15, -0.1) is 21.5 Å². The van der Waals surface area contributed by atoms with Crippen molar-refractivity contribution in [2.24, 2.45) is 0 Å². The molecule has 0 saturated heterocycles. The van der Waals surface area contributed by atoms with E-state index in [1.54, 1.807) is 36.7 Å². The molecule has 1 amide bonds. The van der Waals surface area contributed by atoms with Gasteiger partial charge in [-0.05, 0) is 31.2 Å². The number of aromatic nitrogens is 4. The van der Waals surface area contributed by atoms with Crippen LogP contribution in [-0.4, -0.2) is 31.4 Å². The first-order chi connectivity index (χ1) is 15.1. The number of amides is 1. The van der Waals surface area contributed by atoms with Gasteiger partial charge < -0.3 is 10.1 Å². The molecule has 4 aromatic rings. The van der Waals surface area contributed by atoms with Gasteiger partial charge in [0.05, 0.1) is 5.75 Å². The maximum absolute atomic E-state index is 14.0. The van der Waals surface area contributed by atoms with Gasteiger partial charge in [0.1, 0.15) is 0 Å². The highest BCUT2D eigenvalue weighted by atomic mass is 32.2. The van der Waals surface area contributed by atoms with E-state index in [0.717, 1.165) is 5.69 Å². The van der Waals surface area contributed by atoms with Crippen molar-refractivity contribution < 1.29 is 13.9 Å². The number of thiazole rings is 1. The number of benzene rings is 2. The van der Waals surface area contributed by atoms with Crippen LogP contribution in [0, 0.1) is 5.82 Å². The molecule has 2 heterocycles. The van der Waals surface area contributed by atoms with Crippen molar-refractivity contribution in [3.8, 4) is 11.4 Å². The molecular weight excluding hydrogens is 437 g/mol. The first-order valence-corrected chi connectivity index (χ1v) is 11.2. The number of nitrogens with one attached hydrogen (secondary N) is 1. The van der Waals surface area contributed by atoms with Crippen LogP contribution < -0.4 is 10.1 Å². The van der Waals surface area contributed by atoms with Crippen molar-refractivity contribution >= 4 is 34.1 Å². The summed E-state index contributed by atoms with van der Waals surface area (Å²) in [5, 5.41) is 14.1. The fourth-order valence-corrected chi connectivity index (χ4v) is 4.12. The molecule has 2 aromatic carbocycles. The number of carbonyl (C=O) groups excluding carboxylic acids is 1. The van der Waals surface area contributed by atoms with Gasteiger partial charge in [-0.1, -0.05) is 42.1 Å². The molecule has 7 nitrogen and oxygen atoms in total. The van der Waals surface area contributed by atoms with E-state index in [1.165, 1.54) is 29.2 Å². The van der Waals surface area contributed by atoms with Crippen molar-refractivity contribution in [2.45, 2.75) is 18.2 Å². The Morgan fingerprint density at radius 1 is 1.19 bits per heavy atom. The molecule has 31 heavy (non-hydrogen) atoms. The average molecular weight is 456 g/mol. The molecule has 10 heteroatoms. The minimum absolute atomic E-state index is 0.132. The summed E-state index contributed by atoms with van der Waals surface area (Å²) in [6.07, 6.45) is 1.05. The first kappa shape index (κ1) is 21.0. The number of rotatable bonds is 8. The molecule has 1 N–H and O–H groups in total. The van der Waals surface area contributed by atoms with Crippen LogP contribution in [0.1, 0.15) is 18.9 Å². The van der Waals surface area contributed by atoms with E-state index in [1.807, 2.05) is 34.9 Å². The Labute approximate surface area is 186 Å². The molecule has 4 rings (SSSR count). The van der Waals surface area contributed by atoms with Crippen LogP contribution in [-0.2, 0) is 4.79 Å². The Morgan fingerprint density at radius 3 is 2.71 bits per heavy atom. The highest BCUT2D eigenvalue weighted by Gasteiger charge is 2.22. The lowest BCUT2D eigenvalue weighted by Crippen LogP contribution is -2.15. The summed E-state index contributed by atoms with van der Waals surface area (Å²) >= 11 is 2.59. The Bertz CT molecular complexity index is 1150. The summed E-state index contributed by atoms with van der Waals surface area (Å²) < 4.78 is 21.7. The summed E-state index contributed by atoms with van der Waals surface area (Å²) in [6.45, 7) is 1.78. The summed E-state index contributed by atoms with van der Waals surface area (Å²) in [7, 11) is 0. The second-order valence-corrected chi connectivity index (χ2v) is 8.21. The van der Waals surface area contributed by atoms with E-state index >= 15 is 0 Å². The van der Waals surface area contributed by atoms with E-state index in [-0.39, 0.29) is 17.4 Å². The van der Waals surface area contributed by atoms with Gasteiger partial charge in [-0.3, -0.25) is 9.36 Å². The van der Waals surface area contributed by atoms with Gasteiger partial charge in [0, 0.05) is 17.3 Å². The van der Waals surface area contributed by atoms with Crippen molar-refractivity contribution in [3.63, 3.8) is 0 Å². The molecule has 0 fully saturated rings. The zero-order valence-electron chi connectivity index (χ0n) is 16.4. The highest BCUT2D eigenvalue weighted by Crippen LogP contribution is 2.29. The van der Waals surface area contributed by atoms with Crippen molar-refractivity contribution in [2.75, 3.05) is 11.1 Å². The number of hydrogen-bond acceptors (Lipinski definition) is 7. The summed E-state index contributed by atoms with van der Waals surface area (Å²) in [6, 6.07) is 15.7. The SMILES string of the molecule is CC(Oc1ccccc1F)c1nnc(SCC(=O)Nc2nccs2)n1-c1ccccc1. The van der Waals surface area contributed by atoms with Crippen LogP contribution in [0.4, 0.5) is 9.52 Å². The fourth-order valence-electron chi connectivity index (χ4n) is 2.81. The third kappa shape index (κ3) is 5.09. The van der Waals surface area contributed by atoms with Crippen molar-refractivity contribution in [1.82, 2.24) is 19.7 Å². The number of anilines is 1. The first-order valence-electron chi connectivity index (χ1n) is 9.36. The van der Waals surface area contributed by atoms with Gasteiger partial charge in [0.15, 0.2) is 33.8 Å². The number of thioether (sulfide) groups is 1. The van der Waals surface area contributed by atoms with Crippen molar-refractivity contribution in [3.05, 3.63) is 77.8 Å². The van der Waals surface area contributed by atoms with Gasteiger partial charge in [-0.25, -0.2) is 9.37 Å². The number of nitrogens with zero attached hydrogens (tertiary/aromatic N) is 4. The highest BCUT2D eigenvalue weighted by molar-refractivity contribution is 7.99. The van der Waals surface area contributed by atoms with E-state index in [4.69, 9.17) is 4.74 Å². The van der Waals surface area contributed by atoms with Crippen LogP contribution >= 0.6 is 23.1 Å². The third-order valence-corrected chi connectivity index (χ3v) is 5.81. The normalized spacial score (nSPS) is 11.8. The van der Waals surface area contributed by atoms with Crippen molar-refractivity contribution in [1.29, 1.82) is 0 Å². The monoisotopic (exact) mass is 455 g/mol. The largest absolute Gasteiger partial charge is 0.480 e. The maximum Gasteiger partial charge on any atom is 0.236 e. The number of carbonyl (C=O) groups is 1. The predicted octanol–water partition coefficient (Wildman–Crippen LogP) is 4.73. The molecule has 0 saturated carbocycles. The van der Waals surface area contributed by atoms with Crippen LogP contribution in [0.2, 0.25) is 0 Å². The second-order valence-electron chi connectivity index (χ2n) is 6.38. The average Bonchev–Trinajstić information content (AvgIpc) is 3.44. The number of ether oxygens (including phenoxy) is 1. The Morgan fingerprint density at radius 2 is 1.97 bits per heavy atom. The Kier molecular flexibility index (Phi) is 6.58. The summed E-state index contributed by atoms with van der Waals surface area (Å²) in [5.74, 6) is 0.118. The van der Waals surface area contributed by atoms with E-state index in [0.29, 0.717) is 16.1 Å². The number of halogens is 1. The van der Waals surface area contributed by atoms with E-state index in [2.05, 4.69) is 20.5 Å². The third-order valence-electron chi connectivity index (χ3n) is 4.19. The van der Waals surface area contributed by atoms with Gasteiger partial charge in [0.2, 0.25) is 5.91 Å². The smallest absolute Gasteiger partial charge is 0.236 e. The molecular formula is C21H18FN5O2S2. The molecule has 158 valence electrons. The Hall–Kier alpha value is -3.24. The predicted molar refractivity (Wildman–Crippen MR) is 118 cm³/mol. The van der Waals surface area contributed by atoms with Gasteiger partial charge in [-0.2, -0.15) is 0 Å². The molecule has 2 aromatic heterocycles. The molecule has 0 bridgehead atoms. The fraction of sp³-hybridized carbons (Fsp3) is 0.143. The molecule has 1 atom stereocenters. The number of hydrogen-bond donors (Lipinski definition) is 1. The van der Waals surface area contributed by atoms with E-state index < -0.39 is 11.9 Å². The van der Waals surface area contributed by atoms with Gasteiger partial charge >= 0.3 is 0 Å². The number of para-hydroxylation sites is 2. The van der Waals surface area contributed by atoms with E-state index in [9.17, 15) is 9.18 Å². The van der Waals surface area contributed by atoms with Crippen LogP contribution in [0.3, 0.4) is 0 Å². The summed E-state index contributed by atoms with van der Waals surface area (Å²) in [4.78, 5) is 16.3. The Balaban J connectivity index is 1.57. The lowest BCUT2D eigenvalue weighted by molar-refractivity contribution is -0.113. The van der Waals surface area contributed by atoms with Crippen LogP contribution in [0.25, 0.3) is 5.69 Å². The zero-order valence-corrected chi connectivity index (χ0v) is 18.1. The quantitative estimate of drug-likeness (QED) is 0.387. The standard InChI is InChI=1S/C21H18FN5O2S2/c1-14(29-17-10-6-5-9-16(17)22)19-25-26-21(27(19)15-7-3-2-4-8-15)31-13-18(28)24-20-23-11-12-30-20/h2-12,14H,13H2,1H3,(H,23,24,28). The second kappa shape index (κ2) is 9.71. The molecule has 0 spiro atoms. The lowest BCUT2D eigenvalue weighted by atomic mass is 10.3.